The zero-order valence-corrected chi connectivity index (χ0v) is 15.1. The van der Waals surface area contributed by atoms with Gasteiger partial charge in [-0.15, -0.1) is 11.3 Å². The molecule has 1 unspecified atom stereocenters. The fourth-order valence-electron chi connectivity index (χ4n) is 3.48. The summed E-state index contributed by atoms with van der Waals surface area (Å²) in [5, 5.41) is 4.56. The molecular weight excluding hydrogens is 360 g/mol. The highest BCUT2D eigenvalue weighted by molar-refractivity contribution is 7.91. The summed E-state index contributed by atoms with van der Waals surface area (Å²) in [4.78, 5) is 21.2. The lowest BCUT2D eigenvalue weighted by Gasteiger charge is -2.22. The summed E-state index contributed by atoms with van der Waals surface area (Å²) < 4.78 is 27.1. The minimum absolute atomic E-state index is 0.273. The number of nitrogens with one attached hydrogen (secondary N) is 1. The van der Waals surface area contributed by atoms with E-state index in [0.29, 0.717) is 25.2 Å². The maximum atomic E-state index is 12.8. The molecule has 0 aromatic carbocycles. The Balaban J connectivity index is 1.57. The summed E-state index contributed by atoms with van der Waals surface area (Å²) in [5.74, 6) is 0.207. The Morgan fingerprint density at radius 1 is 1.28 bits per heavy atom. The number of hydrogen-bond acceptors (Lipinski definition) is 6. The highest BCUT2D eigenvalue weighted by atomic mass is 32.2. The average molecular weight is 378 g/mol. The quantitative estimate of drug-likeness (QED) is 0.876. The van der Waals surface area contributed by atoms with Gasteiger partial charge in [0.2, 0.25) is 5.91 Å². The molecule has 3 heterocycles. The lowest BCUT2D eigenvalue weighted by molar-refractivity contribution is -0.119. The number of nitrogens with zero attached hydrogens (tertiary/aromatic N) is 3. The number of amides is 1. The molecule has 9 heteroatoms. The molecule has 0 bridgehead atoms. The van der Waals surface area contributed by atoms with Crippen molar-refractivity contribution in [3.8, 4) is 0 Å². The van der Waals surface area contributed by atoms with Crippen molar-refractivity contribution in [2.24, 2.45) is 0 Å². The van der Waals surface area contributed by atoms with Crippen molar-refractivity contribution in [3.05, 3.63) is 35.1 Å². The number of carbonyl (C=O) groups is 1. The van der Waals surface area contributed by atoms with Crippen LogP contribution in [0, 0.1) is 0 Å². The molecule has 132 valence electrons. The first kappa shape index (κ1) is 16.6. The lowest BCUT2D eigenvalue weighted by atomic mass is 10.2. The molecule has 1 amide bonds. The summed E-state index contributed by atoms with van der Waals surface area (Å²) in [6.45, 7) is 0.361. The predicted octanol–water partition coefficient (Wildman–Crippen LogP) is 1.82. The monoisotopic (exact) mass is 378 g/mol. The smallest absolute Gasteiger partial charge is 0.253 e. The highest BCUT2D eigenvalue weighted by Crippen LogP contribution is 2.30. The first-order chi connectivity index (χ1) is 12.1. The number of hydrogen-bond donors (Lipinski definition) is 1. The molecule has 1 N–H and O–H groups in total. The largest absolute Gasteiger partial charge is 0.309 e. The second kappa shape index (κ2) is 6.47. The molecule has 1 saturated heterocycles. The van der Waals surface area contributed by atoms with E-state index in [1.54, 1.807) is 17.5 Å². The fourth-order valence-corrected chi connectivity index (χ4v) is 6.26. The minimum Gasteiger partial charge on any atom is -0.309 e. The third-order valence-electron chi connectivity index (χ3n) is 4.68. The summed E-state index contributed by atoms with van der Waals surface area (Å²) in [7, 11) is -3.64. The molecule has 2 aliphatic rings. The van der Waals surface area contributed by atoms with Crippen LogP contribution in [0.2, 0.25) is 0 Å². The van der Waals surface area contributed by atoms with E-state index in [0.717, 1.165) is 30.5 Å². The van der Waals surface area contributed by atoms with E-state index in [4.69, 9.17) is 0 Å². The van der Waals surface area contributed by atoms with Crippen molar-refractivity contribution in [2.75, 3.05) is 11.9 Å². The topological polar surface area (TPSA) is 92.3 Å². The van der Waals surface area contributed by atoms with Crippen LogP contribution in [0.3, 0.4) is 0 Å². The van der Waals surface area contributed by atoms with Gasteiger partial charge in [-0.25, -0.2) is 18.4 Å². The van der Waals surface area contributed by atoms with Gasteiger partial charge in [-0.2, -0.15) is 4.31 Å². The van der Waals surface area contributed by atoms with Crippen LogP contribution in [0.5, 0.6) is 0 Å². The highest BCUT2D eigenvalue weighted by Gasteiger charge is 2.40. The van der Waals surface area contributed by atoms with Crippen molar-refractivity contribution in [1.82, 2.24) is 14.3 Å². The van der Waals surface area contributed by atoms with Crippen LogP contribution < -0.4 is 5.32 Å². The normalized spacial score (nSPS) is 20.6. The Labute approximate surface area is 150 Å². The number of rotatable bonds is 4. The number of carbonyl (C=O) groups excluding carboxylic acids is 1. The number of anilines is 1. The van der Waals surface area contributed by atoms with E-state index in [1.807, 2.05) is 0 Å². The van der Waals surface area contributed by atoms with Gasteiger partial charge in [0, 0.05) is 17.8 Å². The number of thiophene rings is 1. The van der Waals surface area contributed by atoms with Gasteiger partial charge in [0.1, 0.15) is 22.4 Å². The third kappa shape index (κ3) is 2.96. The van der Waals surface area contributed by atoms with E-state index in [9.17, 15) is 13.2 Å². The first-order valence-electron chi connectivity index (χ1n) is 8.26. The summed E-state index contributed by atoms with van der Waals surface area (Å²) in [6, 6.07) is 2.58. The molecule has 25 heavy (non-hydrogen) atoms. The maximum Gasteiger partial charge on any atom is 0.253 e. The molecule has 1 aliphatic carbocycles. The molecule has 0 spiro atoms. The SMILES string of the molecule is O=C(Nc1ncnc2c1CCC2)C1CCCN1S(=O)(=O)c1cccs1. The molecule has 0 radical (unpaired) electrons. The van der Waals surface area contributed by atoms with Gasteiger partial charge >= 0.3 is 0 Å². The first-order valence-corrected chi connectivity index (χ1v) is 10.6. The Hall–Kier alpha value is -1.84. The van der Waals surface area contributed by atoms with Crippen molar-refractivity contribution >= 4 is 33.1 Å². The van der Waals surface area contributed by atoms with Crippen LogP contribution in [0.25, 0.3) is 0 Å². The minimum atomic E-state index is -3.64. The van der Waals surface area contributed by atoms with Gasteiger partial charge in [0.05, 0.1) is 0 Å². The van der Waals surface area contributed by atoms with E-state index >= 15 is 0 Å². The predicted molar refractivity (Wildman–Crippen MR) is 93.9 cm³/mol. The maximum absolute atomic E-state index is 12.8. The Kier molecular flexibility index (Phi) is 4.30. The van der Waals surface area contributed by atoms with Crippen LogP contribution >= 0.6 is 11.3 Å². The van der Waals surface area contributed by atoms with Crippen LogP contribution in [0.4, 0.5) is 5.82 Å². The number of fused-ring (bicyclic) bond motifs is 1. The van der Waals surface area contributed by atoms with Crippen LogP contribution in [-0.4, -0.2) is 41.2 Å². The Bertz CT molecular complexity index is 896. The Morgan fingerprint density at radius 3 is 2.96 bits per heavy atom. The zero-order valence-electron chi connectivity index (χ0n) is 13.5. The lowest BCUT2D eigenvalue weighted by Crippen LogP contribution is -2.43. The van der Waals surface area contributed by atoms with Gasteiger partial charge in [-0.05, 0) is 43.6 Å². The van der Waals surface area contributed by atoms with Crippen molar-refractivity contribution in [2.45, 2.75) is 42.4 Å². The van der Waals surface area contributed by atoms with Gasteiger partial charge in [0.15, 0.2) is 0 Å². The van der Waals surface area contributed by atoms with Gasteiger partial charge < -0.3 is 5.32 Å². The number of aromatic nitrogens is 2. The second-order valence-corrected chi connectivity index (χ2v) is 9.26. The van der Waals surface area contributed by atoms with Gasteiger partial charge in [-0.3, -0.25) is 4.79 Å². The van der Waals surface area contributed by atoms with E-state index in [1.165, 1.54) is 22.0 Å². The molecule has 2 aromatic heterocycles. The van der Waals surface area contributed by atoms with Crippen LogP contribution in [0.1, 0.15) is 30.5 Å². The molecular formula is C16H18N4O3S2. The molecule has 0 saturated carbocycles. The molecule has 4 rings (SSSR count). The van der Waals surface area contributed by atoms with Crippen molar-refractivity contribution in [1.29, 1.82) is 0 Å². The van der Waals surface area contributed by atoms with Crippen LogP contribution in [-0.2, 0) is 27.7 Å². The van der Waals surface area contributed by atoms with Gasteiger partial charge in [-0.1, -0.05) is 6.07 Å². The van der Waals surface area contributed by atoms with Crippen LogP contribution in [0.15, 0.2) is 28.0 Å². The van der Waals surface area contributed by atoms with Gasteiger partial charge in [0.25, 0.3) is 10.0 Å². The van der Waals surface area contributed by atoms with E-state index < -0.39 is 16.1 Å². The van der Waals surface area contributed by atoms with Crippen molar-refractivity contribution < 1.29 is 13.2 Å². The third-order valence-corrected chi connectivity index (χ3v) is 7.96. The molecule has 7 nitrogen and oxygen atoms in total. The molecule has 1 aliphatic heterocycles. The molecule has 1 atom stereocenters. The van der Waals surface area contributed by atoms with E-state index in [-0.39, 0.29) is 10.1 Å². The Morgan fingerprint density at radius 2 is 2.16 bits per heavy atom. The summed E-state index contributed by atoms with van der Waals surface area (Å²) in [5.41, 5.74) is 1.95. The number of sulfonamides is 1. The number of aryl methyl sites for hydroxylation is 1. The average Bonchev–Trinajstić information content (AvgIpc) is 3.33. The summed E-state index contributed by atoms with van der Waals surface area (Å²) >= 11 is 1.17. The van der Waals surface area contributed by atoms with Crippen molar-refractivity contribution in [3.63, 3.8) is 0 Å². The molecule has 2 aromatic rings. The summed E-state index contributed by atoms with van der Waals surface area (Å²) in [6.07, 6.45) is 5.37. The fraction of sp³-hybridized carbons (Fsp3) is 0.438. The molecule has 1 fully saturated rings. The zero-order chi connectivity index (χ0) is 17.4. The standard InChI is InChI=1S/C16H18N4O3S2/c21-16(19-15-11-4-1-5-12(11)17-10-18-15)13-6-2-8-20(13)25(22,23)14-7-3-9-24-14/h3,7,9-10,13H,1-2,4-6,8H2,(H,17,18,19,21). The van der Waals surface area contributed by atoms with E-state index in [2.05, 4.69) is 15.3 Å². The second-order valence-electron chi connectivity index (χ2n) is 6.20.